The molecule has 0 amide bonds. The quantitative estimate of drug-likeness (QED) is 0.302. The number of thiol groups is 1. The highest BCUT2D eigenvalue weighted by Crippen LogP contribution is 1.72. The Bertz CT molecular complexity index is 22.8. The molecule has 6 heavy (non-hydrogen) atoms. The average molecular weight is 102 g/mol. The Kier molecular flexibility index (Phi) is 5.71. The molecule has 0 heterocycles. The number of hydrogen-bond acceptors (Lipinski definition) is 2. The van der Waals surface area contributed by atoms with Crippen LogP contribution in [0.15, 0.2) is 0 Å². The van der Waals surface area contributed by atoms with Crippen molar-refractivity contribution in [3.05, 3.63) is 0 Å². The Morgan fingerprint density at radius 2 is 2.50 bits per heavy atom. The molecule has 0 fully saturated rings. The third kappa shape index (κ3) is 4.37. The zero-order valence-electron chi connectivity index (χ0n) is 3.94. The highest BCUT2D eigenvalue weighted by Gasteiger charge is 1.76. The van der Waals surface area contributed by atoms with Gasteiger partial charge in [0.25, 0.3) is 0 Å². The molecule has 0 spiro atoms. The minimum absolute atomic E-state index is 0.972. The molecule has 0 atom stereocenters. The van der Waals surface area contributed by atoms with E-state index >= 15 is 0 Å². The lowest BCUT2D eigenvalue weighted by molar-refractivity contribution is 1.03. The van der Waals surface area contributed by atoms with E-state index in [4.69, 9.17) is 0 Å². The van der Waals surface area contributed by atoms with E-state index in [1.54, 1.807) is 0 Å². The Morgan fingerprint density at radius 3 is 2.67 bits per heavy atom. The normalized spacial score (nSPS) is 8.33. The van der Waals surface area contributed by atoms with Crippen molar-refractivity contribution in [3.8, 4) is 0 Å². The van der Waals surface area contributed by atoms with Crippen molar-refractivity contribution in [1.29, 1.82) is 0 Å². The first kappa shape index (κ1) is 6.37. The first-order valence-electron chi connectivity index (χ1n) is 2.06. The Hall–Kier alpha value is 0.375. The van der Waals surface area contributed by atoms with Crippen molar-refractivity contribution in [3.63, 3.8) is 0 Å². The zero-order chi connectivity index (χ0) is 4.83. The molecule has 0 aliphatic carbocycles. The smallest absolute Gasteiger partial charge is 0.107 e. The monoisotopic (exact) mass is 102 g/mol. The maximum atomic E-state index is 3.78. The summed E-state index contributed by atoms with van der Waals surface area (Å²) in [5, 5.41) is 0. The van der Waals surface area contributed by atoms with Gasteiger partial charge < -0.3 is 0 Å². The van der Waals surface area contributed by atoms with Crippen LogP contribution in [0, 0.1) is 0 Å². The van der Waals surface area contributed by atoms with E-state index in [0.29, 0.717) is 0 Å². The van der Waals surface area contributed by atoms with Crippen LogP contribution in [0.25, 0.3) is 0 Å². The summed E-state index contributed by atoms with van der Waals surface area (Å²) in [6, 6.07) is 0. The maximum absolute atomic E-state index is 3.78. The predicted octanol–water partition coefficient (Wildman–Crippen LogP) is 0.591. The summed E-state index contributed by atoms with van der Waals surface area (Å²) in [7, 11) is 2.10. The Morgan fingerprint density at radius 1 is 1.83 bits per heavy atom. The van der Waals surface area contributed by atoms with Gasteiger partial charge in [-0.3, -0.25) is 4.72 Å². The molecule has 0 aromatic carbocycles. The van der Waals surface area contributed by atoms with E-state index < -0.39 is 0 Å². The second-order valence-corrected chi connectivity index (χ2v) is 1.42. The summed E-state index contributed by atoms with van der Waals surface area (Å²) < 4.78 is 2.73. The summed E-state index contributed by atoms with van der Waals surface area (Å²) in [6.45, 7) is 3.00. The maximum Gasteiger partial charge on any atom is 0.107 e. The van der Waals surface area contributed by atoms with E-state index in [1.165, 1.54) is 0 Å². The van der Waals surface area contributed by atoms with Crippen LogP contribution in [-0.2, 0) is 0 Å². The number of nitrogens with one attached hydrogen (secondary N) is 1. The van der Waals surface area contributed by atoms with Crippen LogP contribution >= 0.6 is 12.8 Å². The van der Waals surface area contributed by atoms with Gasteiger partial charge in [-0.15, -0.1) is 0 Å². The molecule has 35 valence electrons. The third-order valence-electron chi connectivity index (χ3n) is 0.545. The van der Waals surface area contributed by atoms with E-state index in [2.05, 4.69) is 24.8 Å². The van der Waals surface area contributed by atoms with Gasteiger partial charge in [-0.25, -0.2) is 0 Å². The van der Waals surface area contributed by atoms with Gasteiger partial charge >= 0.3 is 0 Å². The third-order valence-corrected chi connectivity index (χ3v) is 0.768. The van der Waals surface area contributed by atoms with Crippen LogP contribution < -0.4 is 4.72 Å². The van der Waals surface area contributed by atoms with Crippen molar-refractivity contribution in [2.24, 2.45) is 0 Å². The van der Waals surface area contributed by atoms with Gasteiger partial charge in [-0.1, -0.05) is 26.0 Å². The molecule has 0 aromatic rings. The molecule has 0 aromatic heterocycles. The Labute approximate surface area is 45.3 Å². The summed E-state index contributed by atoms with van der Waals surface area (Å²) >= 11 is 3.78. The van der Waals surface area contributed by atoms with Crippen LogP contribution in [-0.4, -0.2) is 13.8 Å². The van der Waals surface area contributed by atoms with Crippen molar-refractivity contribution >= 4 is 20.1 Å². The number of rotatable bonds is 3. The van der Waals surface area contributed by atoms with Crippen molar-refractivity contribution in [2.45, 2.75) is 13.1 Å². The fourth-order valence-electron chi connectivity index (χ4n) is 0.209. The molecule has 1 nitrogen and oxygen atoms in total. The van der Waals surface area contributed by atoms with Crippen molar-refractivity contribution in [1.82, 2.24) is 4.72 Å². The van der Waals surface area contributed by atoms with Gasteiger partial charge in [-0.05, 0) is 6.54 Å². The molecular formula is C3H9BNS. The molecule has 0 unspecified atom stereocenters. The fraction of sp³-hybridized carbons (Fsp3) is 1.00. The van der Waals surface area contributed by atoms with Crippen LogP contribution in [0.1, 0.15) is 0 Å². The van der Waals surface area contributed by atoms with Crippen LogP contribution in [0.2, 0.25) is 13.1 Å². The van der Waals surface area contributed by atoms with Crippen LogP contribution in [0.4, 0.5) is 0 Å². The zero-order valence-corrected chi connectivity index (χ0v) is 4.83. The van der Waals surface area contributed by atoms with Gasteiger partial charge in [0, 0.05) is 0 Å². The highest BCUT2D eigenvalue weighted by atomic mass is 32.1. The van der Waals surface area contributed by atoms with Gasteiger partial charge in [-0.2, -0.15) is 0 Å². The molecule has 0 bridgehead atoms. The molecule has 1 radical (unpaired) electrons. The van der Waals surface area contributed by atoms with Crippen LogP contribution in [0.3, 0.4) is 0 Å². The van der Waals surface area contributed by atoms with Gasteiger partial charge in [0.05, 0.1) is 0 Å². The molecule has 1 N–H and O–H groups in total. The molecular weight excluding hydrogens is 92.9 g/mol. The minimum Gasteiger partial charge on any atom is -0.268 e. The summed E-state index contributed by atoms with van der Waals surface area (Å²) in [5.41, 5.74) is 0. The van der Waals surface area contributed by atoms with Gasteiger partial charge in [0.1, 0.15) is 7.28 Å². The Balaban J connectivity index is 2.34. The molecule has 0 saturated heterocycles. The molecule has 0 rings (SSSR count). The van der Waals surface area contributed by atoms with E-state index in [1.807, 2.05) is 6.82 Å². The highest BCUT2D eigenvalue weighted by molar-refractivity contribution is 7.78. The molecule has 0 aliphatic rings. The first-order valence-corrected chi connectivity index (χ1v) is 2.51. The lowest BCUT2D eigenvalue weighted by atomic mass is 9.78. The standard InChI is InChI=1S/C3H9BNS/c1-4-2-3-5-6/h5-6H,2-3H2,1H3. The average Bonchev–Trinajstić information content (AvgIpc) is 1.61. The lowest BCUT2D eigenvalue weighted by Gasteiger charge is -1.87. The second-order valence-electron chi connectivity index (χ2n) is 1.11. The second kappa shape index (κ2) is 5.37. The lowest BCUT2D eigenvalue weighted by Crippen LogP contribution is -2.01. The van der Waals surface area contributed by atoms with Gasteiger partial charge in [0.2, 0.25) is 0 Å². The number of hydrogen-bond donors (Lipinski definition) is 2. The van der Waals surface area contributed by atoms with E-state index in [-0.39, 0.29) is 0 Å². The molecule has 0 saturated carbocycles. The minimum atomic E-state index is 0.972. The van der Waals surface area contributed by atoms with Gasteiger partial charge in [0.15, 0.2) is 0 Å². The fourth-order valence-corrected chi connectivity index (χ4v) is 0.338. The summed E-state index contributed by atoms with van der Waals surface area (Å²) in [4.78, 5) is 0. The SMILES string of the molecule is C[B]CCNS. The largest absolute Gasteiger partial charge is 0.268 e. The first-order chi connectivity index (χ1) is 2.91. The van der Waals surface area contributed by atoms with Crippen LogP contribution in [0.5, 0.6) is 0 Å². The van der Waals surface area contributed by atoms with E-state index in [0.717, 1.165) is 12.9 Å². The van der Waals surface area contributed by atoms with Crippen molar-refractivity contribution in [2.75, 3.05) is 6.54 Å². The summed E-state index contributed by atoms with van der Waals surface area (Å²) in [5.74, 6) is 0. The summed E-state index contributed by atoms with van der Waals surface area (Å²) in [6.07, 6.45) is 1.10. The van der Waals surface area contributed by atoms with Crippen molar-refractivity contribution < 1.29 is 0 Å². The van der Waals surface area contributed by atoms with E-state index in [9.17, 15) is 0 Å². The topological polar surface area (TPSA) is 12.0 Å². The molecule has 0 aliphatic heterocycles. The predicted molar refractivity (Wildman–Crippen MR) is 33.4 cm³/mol. The molecule has 3 heteroatoms.